The maximum atomic E-state index is 11.5. The summed E-state index contributed by atoms with van der Waals surface area (Å²) in [7, 11) is 0. The Bertz CT molecular complexity index is 461. The van der Waals surface area contributed by atoms with Gasteiger partial charge in [-0.05, 0) is 30.4 Å². The lowest BCUT2D eigenvalue weighted by molar-refractivity contribution is -0.120. The van der Waals surface area contributed by atoms with E-state index in [1.54, 1.807) is 0 Å². The molecule has 0 bridgehead atoms. The van der Waals surface area contributed by atoms with Gasteiger partial charge in [-0.3, -0.25) is 15.1 Å². The predicted molar refractivity (Wildman–Crippen MR) is 82.2 cm³/mol. The van der Waals surface area contributed by atoms with Crippen LogP contribution in [0.4, 0.5) is 0 Å². The van der Waals surface area contributed by atoms with Crippen LogP contribution < -0.4 is 11.3 Å². The van der Waals surface area contributed by atoms with Crippen LogP contribution in [0.25, 0.3) is 0 Å². The zero-order valence-electron chi connectivity index (χ0n) is 12.4. The van der Waals surface area contributed by atoms with Gasteiger partial charge in [-0.25, -0.2) is 5.84 Å². The highest BCUT2D eigenvalue weighted by molar-refractivity contribution is 5.78. The molecule has 0 atom stereocenters. The predicted octanol–water partition coefficient (Wildman–Crippen LogP) is 0.956. The molecule has 1 fully saturated rings. The molecule has 5 nitrogen and oxygen atoms in total. The van der Waals surface area contributed by atoms with Gasteiger partial charge in [-0.15, -0.1) is 0 Å². The number of rotatable bonds is 8. The van der Waals surface area contributed by atoms with Crippen molar-refractivity contribution in [1.82, 2.24) is 10.3 Å². The van der Waals surface area contributed by atoms with E-state index in [0.29, 0.717) is 12.5 Å². The van der Waals surface area contributed by atoms with E-state index in [-0.39, 0.29) is 12.5 Å². The standard InChI is InChI=1S/C16H25N3O2/c17-18-16(21)11-13-5-1-2-6-14(13)12-19(9-4-10-20)15-7-3-8-15/h1-2,5-6,15,20H,3-4,7-12,17H2,(H,18,21). The summed E-state index contributed by atoms with van der Waals surface area (Å²) >= 11 is 0. The summed E-state index contributed by atoms with van der Waals surface area (Å²) in [5.41, 5.74) is 4.38. The second-order valence-electron chi connectivity index (χ2n) is 5.65. The van der Waals surface area contributed by atoms with Gasteiger partial charge >= 0.3 is 0 Å². The third-order valence-electron chi connectivity index (χ3n) is 4.20. The average molecular weight is 291 g/mol. The highest BCUT2D eigenvalue weighted by atomic mass is 16.3. The van der Waals surface area contributed by atoms with Gasteiger partial charge in [0, 0.05) is 25.7 Å². The molecule has 1 aliphatic rings. The zero-order chi connectivity index (χ0) is 15.1. The SMILES string of the molecule is NNC(=O)Cc1ccccc1CN(CCCO)C1CCC1. The van der Waals surface area contributed by atoms with Gasteiger partial charge < -0.3 is 5.11 Å². The average Bonchev–Trinajstić information content (AvgIpc) is 2.44. The maximum absolute atomic E-state index is 11.5. The van der Waals surface area contributed by atoms with Crippen LogP contribution in [0, 0.1) is 0 Å². The molecule has 0 saturated heterocycles. The third-order valence-corrected chi connectivity index (χ3v) is 4.20. The normalized spacial score (nSPS) is 15.0. The van der Waals surface area contributed by atoms with E-state index in [1.165, 1.54) is 24.8 Å². The molecule has 1 aliphatic carbocycles. The van der Waals surface area contributed by atoms with Gasteiger partial charge in [-0.1, -0.05) is 30.7 Å². The second-order valence-corrected chi connectivity index (χ2v) is 5.65. The van der Waals surface area contributed by atoms with Crippen molar-refractivity contribution < 1.29 is 9.90 Å². The highest BCUT2D eigenvalue weighted by Gasteiger charge is 2.25. The minimum absolute atomic E-state index is 0.173. The van der Waals surface area contributed by atoms with Crippen molar-refractivity contribution in [2.24, 2.45) is 5.84 Å². The first-order valence-electron chi connectivity index (χ1n) is 7.65. The fraction of sp³-hybridized carbons (Fsp3) is 0.562. The summed E-state index contributed by atoms with van der Waals surface area (Å²) < 4.78 is 0. The molecule has 0 heterocycles. The summed E-state index contributed by atoms with van der Waals surface area (Å²) in [5.74, 6) is 5.00. The summed E-state index contributed by atoms with van der Waals surface area (Å²) in [5, 5.41) is 9.07. The number of aliphatic hydroxyl groups excluding tert-OH is 1. The Morgan fingerprint density at radius 2 is 2.05 bits per heavy atom. The van der Waals surface area contributed by atoms with Crippen molar-refractivity contribution in [2.45, 2.75) is 44.7 Å². The molecule has 0 aromatic heterocycles. The lowest BCUT2D eigenvalue weighted by Crippen LogP contribution is -2.40. The van der Waals surface area contributed by atoms with Crippen LogP contribution in [0.1, 0.15) is 36.8 Å². The van der Waals surface area contributed by atoms with Crippen LogP contribution in [0.15, 0.2) is 24.3 Å². The minimum Gasteiger partial charge on any atom is -0.396 e. The van der Waals surface area contributed by atoms with Gasteiger partial charge in [-0.2, -0.15) is 0 Å². The molecular weight excluding hydrogens is 266 g/mol. The van der Waals surface area contributed by atoms with E-state index in [0.717, 1.165) is 25.1 Å². The number of nitrogens with zero attached hydrogens (tertiary/aromatic N) is 1. The summed E-state index contributed by atoms with van der Waals surface area (Å²) in [6, 6.07) is 8.63. The Morgan fingerprint density at radius 1 is 1.33 bits per heavy atom. The lowest BCUT2D eigenvalue weighted by Gasteiger charge is -2.38. The Hall–Kier alpha value is -1.43. The van der Waals surface area contributed by atoms with E-state index in [4.69, 9.17) is 10.9 Å². The molecular formula is C16H25N3O2. The van der Waals surface area contributed by atoms with Crippen LogP contribution in [-0.2, 0) is 17.8 Å². The number of hydrazine groups is 1. The Balaban J connectivity index is 2.06. The van der Waals surface area contributed by atoms with Gasteiger partial charge in [0.05, 0.1) is 6.42 Å². The van der Waals surface area contributed by atoms with Crippen molar-refractivity contribution in [2.75, 3.05) is 13.2 Å². The van der Waals surface area contributed by atoms with Crippen LogP contribution in [0.2, 0.25) is 0 Å². The van der Waals surface area contributed by atoms with Crippen molar-refractivity contribution in [3.05, 3.63) is 35.4 Å². The quantitative estimate of drug-likeness (QED) is 0.379. The lowest BCUT2D eigenvalue weighted by atomic mass is 9.90. The fourth-order valence-electron chi connectivity index (χ4n) is 2.74. The molecule has 2 rings (SSSR count). The summed E-state index contributed by atoms with van der Waals surface area (Å²) in [4.78, 5) is 13.9. The fourth-order valence-corrected chi connectivity index (χ4v) is 2.74. The number of benzene rings is 1. The summed E-state index contributed by atoms with van der Waals surface area (Å²) in [6.45, 7) is 1.96. The molecule has 4 N–H and O–H groups in total. The first-order chi connectivity index (χ1) is 10.2. The van der Waals surface area contributed by atoms with Crippen molar-refractivity contribution in [1.29, 1.82) is 0 Å². The van der Waals surface area contributed by atoms with Crippen LogP contribution in [-0.4, -0.2) is 35.1 Å². The number of carbonyl (C=O) groups is 1. The topological polar surface area (TPSA) is 78.6 Å². The van der Waals surface area contributed by atoms with E-state index >= 15 is 0 Å². The first-order valence-corrected chi connectivity index (χ1v) is 7.65. The minimum atomic E-state index is -0.173. The molecule has 1 aromatic rings. The molecule has 5 heteroatoms. The maximum Gasteiger partial charge on any atom is 0.238 e. The first kappa shape index (κ1) is 15.9. The van der Waals surface area contributed by atoms with Gasteiger partial charge in [0.15, 0.2) is 0 Å². The van der Waals surface area contributed by atoms with E-state index in [2.05, 4.69) is 16.4 Å². The monoisotopic (exact) mass is 291 g/mol. The number of carbonyl (C=O) groups excluding carboxylic acids is 1. The largest absolute Gasteiger partial charge is 0.396 e. The molecule has 0 aliphatic heterocycles. The van der Waals surface area contributed by atoms with Gasteiger partial charge in [0.2, 0.25) is 5.91 Å². The number of hydrogen-bond acceptors (Lipinski definition) is 4. The molecule has 1 amide bonds. The number of nitrogens with two attached hydrogens (primary N) is 1. The second kappa shape index (κ2) is 8.12. The van der Waals surface area contributed by atoms with Gasteiger partial charge in [0.25, 0.3) is 0 Å². The van der Waals surface area contributed by atoms with Crippen molar-refractivity contribution in [3.8, 4) is 0 Å². The van der Waals surface area contributed by atoms with Gasteiger partial charge in [0.1, 0.15) is 0 Å². The summed E-state index contributed by atoms with van der Waals surface area (Å²) in [6.07, 6.45) is 4.86. The Kier molecular flexibility index (Phi) is 6.17. The Morgan fingerprint density at radius 3 is 2.62 bits per heavy atom. The van der Waals surface area contributed by atoms with E-state index in [9.17, 15) is 4.79 Å². The highest BCUT2D eigenvalue weighted by Crippen LogP contribution is 2.27. The molecule has 116 valence electrons. The number of amides is 1. The van der Waals surface area contributed by atoms with Crippen LogP contribution in [0.5, 0.6) is 0 Å². The molecule has 1 aromatic carbocycles. The van der Waals surface area contributed by atoms with Crippen molar-refractivity contribution in [3.63, 3.8) is 0 Å². The third kappa shape index (κ3) is 4.52. The Labute approximate surface area is 126 Å². The van der Waals surface area contributed by atoms with E-state index < -0.39 is 0 Å². The molecule has 1 saturated carbocycles. The van der Waals surface area contributed by atoms with E-state index in [1.807, 2.05) is 18.2 Å². The zero-order valence-corrected chi connectivity index (χ0v) is 12.4. The molecule has 21 heavy (non-hydrogen) atoms. The molecule has 0 radical (unpaired) electrons. The molecule has 0 unspecified atom stereocenters. The van der Waals surface area contributed by atoms with Crippen molar-refractivity contribution >= 4 is 5.91 Å². The number of nitrogens with one attached hydrogen (secondary N) is 1. The number of hydrogen-bond donors (Lipinski definition) is 3. The molecule has 0 spiro atoms. The van der Waals surface area contributed by atoms with Crippen LogP contribution >= 0.6 is 0 Å². The van der Waals surface area contributed by atoms with Crippen LogP contribution in [0.3, 0.4) is 0 Å². The number of aliphatic hydroxyl groups is 1. The smallest absolute Gasteiger partial charge is 0.238 e.